The number of carbonyl (C=O) groups excluding carboxylic acids is 1. The molecule has 2 nitrogen and oxygen atoms in total. The summed E-state index contributed by atoms with van der Waals surface area (Å²) >= 11 is 0. The van der Waals surface area contributed by atoms with Crippen LogP contribution in [-0.2, 0) is 0 Å². The van der Waals surface area contributed by atoms with E-state index in [0.717, 1.165) is 22.3 Å². The molecule has 0 saturated heterocycles. The van der Waals surface area contributed by atoms with Crippen LogP contribution >= 0.6 is 0 Å². The van der Waals surface area contributed by atoms with Gasteiger partial charge < -0.3 is 4.74 Å². The highest BCUT2D eigenvalue weighted by atomic mass is 16.5. The third kappa shape index (κ3) is 14.4. The maximum Gasteiger partial charge on any atom is 0.344 e. The fourth-order valence-corrected chi connectivity index (χ4v) is 2.45. The van der Waals surface area contributed by atoms with Crippen molar-refractivity contribution >= 4 is 5.97 Å². The number of carbonyl (C=O) groups is 1. The number of hydrogen-bond donors (Lipinski definition) is 0. The molecular formula is C31H54O2. The molecule has 2 aromatic carbocycles. The van der Waals surface area contributed by atoms with Crippen LogP contribution in [0.4, 0.5) is 0 Å². The minimum Gasteiger partial charge on any atom is -0.423 e. The SMILES string of the molecule is CC.CC.CC.CC.CC=C(C)C.Cc1c(C)c(C)c(C(=O)Oc2ccccc2)c(C)c1C. The van der Waals surface area contributed by atoms with Crippen molar-refractivity contribution < 1.29 is 9.53 Å². The Labute approximate surface area is 207 Å². The molecular weight excluding hydrogens is 404 g/mol. The van der Waals surface area contributed by atoms with E-state index >= 15 is 0 Å². The maximum atomic E-state index is 12.4. The number of para-hydroxylation sites is 1. The zero-order valence-electron chi connectivity index (χ0n) is 24.8. The molecule has 33 heavy (non-hydrogen) atoms. The molecule has 0 N–H and O–H groups in total. The summed E-state index contributed by atoms with van der Waals surface area (Å²) in [6.07, 6.45) is 2.08. The Hall–Kier alpha value is -2.35. The van der Waals surface area contributed by atoms with Crippen molar-refractivity contribution in [3.63, 3.8) is 0 Å². The van der Waals surface area contributed by atoms with Gasteiger partial charge in [-0.3, -0.25) is 0 Å². The number of rotatable bonds is 2. The summed E-state index contributed by atoms with van der Waals surface area (Å²) in [6.45, 7) is 32.4. The second kappa shape index (κ2) is 24.3. The van der Waals surface area contributed by atoms with Gasteiger partial charge in [0.25, 0.3) is 0 Å². The van der Waals surface area contributed by atoms with E-state index in [9.17, 15) is 4.79 Å². The summed E-state index contributed by atoms with van der Waals surface area (Å²) in [7, 11) is 0. The topological polar surface area (TPSA) is 26.3 Å². The molecule has 2 heteroatoms. The summed E-state index contributed by atoms with van der Waals surface area (Å²) < 4.78 is 5.47. The Kier molecular flexibility index (Phi) is 27.9. The summed E-state index contributed by atoms with van der Waals surface area (Å²) in [5, 5.41) is 0. The Morgan fingerprint density at radius 1 is 0.636 bits per heavy atom. The van der Waals surface area contributed by atoms with E-state index < -0.39 is 0 Å². The van der Waals surface area contributed by atoms with Crippen LogP contribution in [0, 0.1) is 34.6 Å². The van der Waals surface area contributed by atoms with E-state index in [-0.39, 0.29) is 5.97 Å². The molecule has 2 rings (SSSR count). The van der Waals surface area contributed by atoms with Gasteiger partial charge in [0, 0.05) is 0 Å². The first-order valence-electron chi connectivity index (χ1n) is 12.6. The van der Waals surface area contributed by atoms with Crippen LogP contribution in [0.15, 0.2) is 42.0 Å². The zero-order valence-corrected chi connectivity index (χ0v) is 24.8. The molecule has 0 aliphatic carbocycles. The van der Waals surface area contributed by atoms with Gasteiger partial charge in [-0.1, -0.05) is 85.2 Å². The predicted octanol–water partition coefficient (Wildman–Crippen LogP) is 10.5. The molecule has 0 aliphatic rings. The van der Waals surface area contributed by atoms with Crippen molar-refractivity contribution in [2.24, 2.45) is 0 Å². The monoisotopic (exact) mass is 458 g/mol. The van der Waals surface area contributed by atoms with Crippen LogP contribution in [0.2, 0.25) is 0 Å². The van der Waals surface area contributed by atoms with Crippen LogP contribution in [0.5, 0.6) is 5.75 Å². The lowest BCUT2D eigenvalue weighted by Gasteiger charge is -2.17. The average molecular weight is 459 g/mol. The first-order chi connectivity index (χ1) is 15.7. The summed E-state index contributed by atoms with van der Waals surface area (Å²) in [4.78, 5) is 12.4. The third-order valence-electron chi connectivity index (χ3n) is 4.74. The normalized spacial score (nSPS) is 8.12. The predicted molar refractivity (Wildman–Crippen MR) is 152 cm³/mol. The second-order valence-corrected chi connectivity index (χ2v) is 6.57. The number of hydrogen-bond acceptors (Lipinski definition) is 2. The van der Waals surface area contributed by atoms with Crippen molar-refractivity contribution in [2.75, 3.05) is 0 Å². The van der Waals surface area contributed by atoms with Gasteiger partial charge in [-0.25, -0.2) is 4.79 Å². The highest BCUT2D eigenvalue weighted by Crippen LogP contribution is 2.27. The molecule has 0 bridgehead atoms. The summed E-state index contributed by atoms with van der Waals surface area (Å²) in [6, 6.07) is 9.18. The van der Waals surface area contributed by atoms with Gasteiger partial charge >= 0.3 is 5.97 Å². The second-order valence-electron chi connectivity index (χ2n) is 6.57. The van der Waals surface area contributed by atoms with Crippen molar-refractivity contribution in [1.29, 1.82) is 0 Å². The maximum absolute atomic E-state index is 12.4. The largest absolute Gasteiger partial charge is 0.423 e. The van der Waals surface area contributed by atoms with E-state index in [0.29, 0.717) is 11.3 Å². The van der Waals surface area contributed by atoms with Gasteiger partial charge in [0.2, 0.25) is 0 Å². The Morgan fingerprint density at radius 2 is 0.939 bits per heavy atom. The molecule has 0 unspecified atom stereocenters. The fourth-order valence-electron chi connectivity index (χ4n) is 2.45. The van der Waals surface area contributed by atoms with Crippen LogP contribution in [0.1, 0.15) is 114 Å². The van der Waals surface area contributed by atoms with Gasteiger partial charge in [0.05, 0.1) is 5.56 Å². The van der Waals surface area contributed by atoms with Crippen molar-refractivity contribution in [3.8, 4) is 5.75 Å². The Balaban J connectivity index is -0.000000274. The van der Waals surface area contributed by atoms with E-state index in [2.05, 4.69) is 40.7 Å². The minimum atomic E-state index is -0.280. The quantitative estimate of drug-likeness (QED) is 0.254. The molecule has 0 fully saturated rings. The van der Waals surface area contributed by atoms with Crippen LogP contribution in [0.3, 0.4) is 0 Å². The van der Waals surface area contributed by atoms with E-state index in [1.165, 1.54) is 11.1 Å². The minimum absolute atomic E-state index is 0.280. The summed E-state index contributed by atoms with van der Waals surface area (Å²) in [5.74, 6) is 0.296. The number of benzene rings is 2. The first kappa shape index (κ1) is 37.9. The molecule has 190 valence electrons. The molecule has 2 aromatic rings. The molecule has 0 saturated carbocycles. The van der Waals surface area contributed by atoms with E-state index in [1.54, 1.807) is 12.1 Å². The molecule has 0 aromatic heterocycles. The van der Waals surface area contributed by atoms with Crippen LogP contribution < -0.4 is 4.74 Å². The first-order valence-corrected chi connectivity index (χ1v) is 12.6. The van der Waals surface area contributed by atoms with Crippen molar-refractivity contribution in [3.05, 3.63) is 75.4 Å². The zero-order chi connectivity index (χ0) is 27.1. The smallest absolute Gasteiger partial charge is 0.344 e. The van der Waals surface area contributed by atoms with Gasteiger partial charge in [-0.15, -0.1) is 0 Å². The molecule has 0 amide bonds. The van der Waals surface area contributed by atoms with Gasteiger partial charge in [-0.05, 0) is 95.3 Å². The average Bonchev–Trinajstić information content (AvgIpc) is 2.87. The lowest BCUT2D eigenvalue weighted by molar-refractivity contribution is 0.0733. The Bertz CT molecular complexity index is 736. The van der Waals surface area contributed by atoms with E-state index in [4.69, 9.17) is 4.74 Å². The van der Waals surface area contributed by atoms with Crippen molar-refractivity contribution in [1.82, 2.24) is 0 Å². The number of esters is 1. The lowest BCUT2D eigenvalue weighted by atomic mass is 9.90. The molecule has 0 atom stereocenters. The van der Waals surface area contributed by atoms with Gasteiger partial charge in [-0.2, -0.15) is 0 Å². The highest BCUT2D eigenvalue weighted by molar-refractivity contribution is 5.95. The molecule has 0 heterocycles. The van der Waals surface area contributed by atoms with Gasteiger partial charge in [0.1, 0.15) is 5.75 Å². The summed E-state index contributed by atoms with van der Waals surface area (Å²) in [5.41, 5.74) is 7.65. The number of allylic oxidation sites excluding steroid dienone is 2. The van der Waals surface area contributed by atoms with Crippen molar-refractivity contribution in [2.45, 2.75) is 111 Å². The number of ether oxygens (including phenoxy) is 1. The van der Waals surface area contributed by atoms with Crippen LogP contribution in [-0.4, -0.2) is 5.97 Å². The molecule has 0 radical (unpaired) electrons. The van der Waals surface area contributed by atoms with Gasteiger partial charge in [0.15, 0.2) is 0 Å². The Morgan fingerprint density at radius 3 is 1.24 bits per heavy atom. The van der Waals surface area contributed by atoms with E-state index in [1.807, 2.05) is 94.4 Å². The standard InChI is InChI=1S/C18H20O2.C5H10.4C2H6/c1-11-12(2)14(4)17(15(5)13(11)3)18(19)20-16-9-7-6-8-10-16;1-4-5(2)3;4*1-2/h6-10H,1-5H3;4H,1-3H3;4*1-2H3. The van der Waals surface area contributed by atoms with Crippen LogP contribution in [0.25, 0.3) is 0 Å². The lowest BCUT2D eigenvalue weighted by Crippen LogP contribution is -2.15. The third-order valence-corrected chi connectivity index (χ3v) is 4.74. The highest BCUT2D eigenvalue weighted by Gasteiger charge is 2.19. The molecule has 0 spiro atoms. The fraction of sp³-hybridized carbons (Fsp3) is 0.516. The molecule has 0 aliphatic heterocycles.